The summed E-state index contributed by atoms with van der Waals surface area (Å²) in [6, 6.07) is 11.5. The first kappa shape index (κ1) is 12.6. The Morgan fingerprint density at radius 2 is 2.11 bits per heavy atom. The predicted octanol–water partition coefficient (Wildman–Crippen LogP) is 3.02. The predicted molar refractivity (Wildman–Crippen MR) is 70.4 cm³/mol. The van der Waals surface area contributed by atoms with Crippen LogP contribution in [-0.4, -0.2) is 10.1 Å². The van der Waals surface area contributed by atoms with E-state index in [1.807, 2.05) is 43.3 Å². The lowest BCUT2D eigenvalue weighted by molar-refractivity contribution is 0.189. The zero-order valence-corrected chi connectivity index (χ0v) is 10.6. The summed E-state index contributed by atoms with van der Waals surface area (Å²) in [6.07, 6.45) is 1.20. The van der Waals surface area contributed by atoms with Crippen molar-refractivity contribution in [3.63, 3.8) is 0 Å². The van der Waals surface area contributed by atoms with Crippen molar-refractivity contribution in [2.75, 3.05) is 0 Å². The van der Waals surface area contributed by atoms with Crippen molar-refractivity contribution in [3.8, 4) is 5.75 Å². The maximum Gasteiger partial charge on any atom is 0.130 e. The Kier molecular flexibility index (Phi) is 3.95. The average Bonchev–Trinajstić information content (AvgIpc) is 2.38. The molecule has 0 saturated heterocycles. The van der Waals surface area contributed by atoms with Gasteiger partial charge < -0.3 is 9.84 Å². The number of benzene rings is 1. The summed E-state index contributed by atoms with van der Waals surface area (Å²) < 4.78 is 5.72. The molecule has 2 rings (SSSR count). The lowest BCUT2D eigenvalue weighted by Crippen LogP contribution is -2.02. The van der Waals surface area contributed by atoms with Crippen LogP contribution in [0.15, 0.2) is 42.6 Å². The highest BCUT2D eigenvalue weighted by Crippen LogP contribution is 2.26. The Labute approximate surface area is 107 Å². The summed E-state index contributed by atoms with van der Waals surface area (Å²) in [6.45, 7) is 4.14. The Balaban J connectivity index is 2.14. The molecule has 0 amide bonds. The molecule has 0 aliphatic rings. The molecule has 0 spiro atoms. The van der Waals surface area contributed by atoms with Crippen LogP contribution in [0.4, 0.5) is 0 Å². The van der Waals surface area contributed by atoms with E-state index in [2.05, 4.69) is 4.98 Å². The molecular weight excluding hydrogens is 226 g/mol. The summed E-state index contributed by atoms with van der Waals surface area (Å²) in [5, 5.41) is 9.73. The number of hydrogen-bond acceptors (Lipinski definition) is 3. The normalized spacial score (nSPS) is 12.2. The molecule has 0 aliphatic carbocycles. The van der Waals surface area contributed by atoms with E-state index in [-0.39, 0.29) is 0 Å². The van der Waals surface area contributed by atoms with Gasteiger partial charge in [-0.05, 0) is 38.1 Å². The first-order valence-electron chi connectivity index (χ1n) is 5.98. The molecule has 1 N–H and O–H groups in total. The van der Waals surface area contributed by atoms with Crippen molar-refractivity contribution in [1.82, 2.24) is 4.98 Å². The van der Waals surface area contributed by atoms with Gasteiger partial charge in [0.2, 0.25) is 0 Å². The third-order valence-corrected chi connectivity index (χ3v) is 2.72. The molecule has 3 heteroatoms. The number of pyridine rings is 1. The SMILES string of the molecule is Cc1ccc(OCc2ccccn2)c(C(C)O)c1. The van der Waals surface area contributed by atoms with Crippen molar-refractivity contribution < 1.29 is 9.84 Å². The van der Waals surface area contributed by atoms with Gasteiger partial charge in [0.05, 0.1) is 11.8 Å². The summed E-state index contributed by atoms with van der Waals surface area (Å²) in [7, 11) is 0. The quantitative estimate of drug-likeness (QED) is 0.897. The first-order chi connectivity index (χ1) is 8.66. The molecule has 3 nitrogen and oxygen atoms in total. The van der Waals surface area contributed by atoms with Crippen LogP contribution in [0, 0.1) is 6.92 Å². The van der Waals surface area contributed by atoms with Crippen LogP contribution in [0.25, 0.3) is 0 Å². The first-order valence-corrected chi connectivity index (χ1v) is 5.98. The molecule has 0 bridgehead atoms. The van der Waals surface area contributed by atoms with Gasteiger partial charge in [0.1, 0.15) is 12.4 Å². The van der Waals surface area contributed by atoms with Gasteiger partial charge in [-0.25, -0.2) is 0 Å². The smallest absolute Gasteiger partial charge is 0.130 e. The maximum absolute atomic E-state index is 9.73. The van der Waals surface area contributed by atoms with Crippen molar-refractivity contribution in [2.45, 2.75) is 26.6 Å². The number of ether oxygens (including phenoxy) is 1. The maximum atomic E-state index is 9.73. The molecule has 1 atom stereocenters. The number of aliphatic hydroxyl groups is 1. The highest BCUT2D eigenvalue weighted by molar-refractivity contribution is 5.38. The van der Waals surface area contributed by atoms with Gasteiger partial charge in [-0.1, -0.05) is 17.7 Å². The zero-order valence-electron chi connectivity index (χ0n) is 10.6. The number of rotatable bonds is 4. The fourth-order valence-electron chi connectivity index (χ4n) is 1.76. The van der Waals surface area contributed by atoms with Crippen LogP contribution >= 0.6 is 0 Å². The summed E-state index contributed by atoms with van der Waals surface area (Å²) in [5.74, 6) is 0.709. The Morgan fingerprint density at radius 3 is 2.78 bits per heavy atom. The number of aromatic nitrogens is 1. The second-order valence-corrected chi connectivity index (χ2v) is 4.33. The molecule has 1 aromatic carbocycles. The van der Waals surface area contributed by atoms with E-state index >= 15 is 0 Å². The Bertz CT molecular complexity index is 509. The number of hydrogen-bond donors (Lipinski definition) is 1. The molecule has 1 unspecified atom stereocenters. The lowest BCUT2D eigenvalue weighted by Gasteiger charge is -2.14. The summed E-state index contributed by atoms with van der Waals surface area (Å²) >= 11 is 0. The highest BCUT2D eigenvalue weighted by atomic mass is 16.5. The van der Waals surface area contributed by atoms with Crippen LogP contribution in [0.2, 0.25) is 0 Å². The molecule has 0 saturated carbocycles. The van der Waals surface area contributed by atoms with Crippen LogP contribution < -0.4 is 4.74 Å². The van der Waals surface area contributed by atoms with Crippen LogP contribution in [0.3, 0.4) is 0 Å². The van der Waals surface area contributed by atoms with Gasteiger partial charge >= 0.3 is 0 Å². The van der Waals surface area contributed by atoms with E-state index in [0.717, 1.165) is 16.8 Å². The van der Waals surface area contributed by atoms with Crippen LogP contribution in [-0.2, 0) is 6.61 Å². The van der Waals surface area contributed by atoms with Crippen molar-refractivity contribution >= 4 is 0 Å². The van der Waals surface area contributed by atoms with Gasteiger partial charge in [0.25, 0.3) is 0 Å². The van der Waals surface area contributed by atoms with E-state index in [4.69, 9.17) is 4.74 Å². The molecule has 0 aliphatic heterocycles. The second-order valence-electron chi connectivity index (χ2n) is 4.33. The lowest BCUT2D eigenvalue weighted by atomic mass is 10.1. The minimum Gasteiger partial charge on any atom is -0.487 e. The number of aryl methyl sites for hydroxylation is 1. The summed E-state index contributed by atoms with van der Waals surface area (Å²) in [5.41, 5.74) is 2.79. The third kappa shape index (κ3) is 3.08. The molecule has 94 valence electrons. The van der Waals surface area contributed by atoms with E-state index in [1.165, 1.54) is 0 Å². The molecule has 18 heavy (non-hydrogen) atoms. The highest BCUT2D eigenvalue weighted by Gasteiger charge is 2.09. The molecule has 0 radical (unpaired) electrons. The fourth-order valence-corrected chi connectivity index (χ4v) is 1.76. The van der Waals surface area contributed by atoms with Gasteiger partial charge in [0, 0.05) is 11.8 Å². The van der Waals surface area contributed by atoms with Crippen LogP contribution in [0.5, 0.6) is 5.75 Å². The van der Waals surface area contributed by atoms with E-state index in [0.29, 0.717) is 12.4 Å². The average molecular weight is 243 g/mol. The second kappa shape index (κ2) is 5.65. The minimum absolute atomic E-state index is 0.406. The van der Waals surface area contributed by atoms with Crippen molar-refractivity contribution in [1.29, 1.82) is 0 Å². The monoisotopic (exact) mass is 243 g/mol. The molecular formula is C15H17NO2. The van der Waals surface area contributed by atoms with E-state index < -0.39 is 6.10 Å². The topological polar surface area (TPSA) is 42.4 Å². The zero-order chi connectivity index (χ0) is 13.0. The third-order valence-electron chi connectivity index (χ3n) is 2.72. The van der Waals surface area contributed by atoms with Crippen LogP contribution in [0.1, 0.15) is 29.8 Å². The van der Waals surface area contributed by atoms with Gasteiger partial charge in [-0.2, -0.15) is 0 Å². The van der Waals surface area contributed by atoms with E-state index in [1.54, 1.807) is 13.1 Å². The van der Waals surface area contributed by atoms with Gasteiger partial charge in [-0.15, -0.1) is 0 Å². The fraction of sp³-hybridized carbons (Fsp3) is 0.267. The van der Waals surface area contributed by atoms with E-state index in [9.17, 15) is 5.11 Å². The Hall–Kier alpha value is -1.87. The summed E-state index contributed by atoms with van der Waals surface area (Å²) in [4.78, 5) is 4.20. The standard InChI is InChI=1S/C15H17NO2/c1-11-6-7-15(14(9-11)12(2)17)18-10-13-5-3-4-8-16-13/h3-9,12,17H,10H2,1-2H3. The minimum atomic E-state index is -0.538. The largest absolute Gasteiger partial charge is 0.487 e. The molecule has 1 aromatic heterocycles. The van der Waals surface area contributed by atoms with Crippen molar-refractivity contribution in [2.24, 2.45) is 0 Å². The molecule has 0 fully saturated rings. The Morgan fingerprint density at radius 1 is 1.28 bits per heavy atom. The van der Waals surface area contributed by atoms with Gasteiger partial charge in [-0.3, -0.25) is 4.98 Å². The van der Waals surface area contributed by atoms with Gasteiger partial charge in [0.15, 0.2) is 0 Å². The van der Waals surface area contributed by atoms with Crippen molar-refractivity contribution in [3.05, 3.63) is 59.4 Å². The number of nitrogens with zero attached hydrogens (tertiary/aromatic N) is 1. The molecule has 1 heterocycles. The number of aliphatic hydroxyl groups excluding tert-OH is 1. The molecule has 2 aromatic rings.